The van der Waals surface area contributed by atoms with Crippen LogP contribution in [0, 0.1) is 0 Å². The summed E-state index contributed by atoms with van der Waals surface area (Å²) in [6.07, 6.45) is 0.999. The number of benzene rings is 1. The minimum absolute atomic E-state index is 0.444. The van der Waals surface area contributed by atoms with Gasteiger partial charge in [-0.15, -0.1) is 0 Å². The zero-order chi connectivity index (χ0) is 13.8. The van der Waals surface area contributed by atoms with E-state index in [4.69, 9.17) is 9.72 Å². The molecule has 0 saturated heterocycles. The van der Waals surface area contributed by atoms with Gasteiger partial charge in [0.1, 0.15) is 17.1 Å². The number of para-hydroxylation sites is 1. The van der Waals surface area contributed by atoms with Crippen molar-refractivity contribution in [2.45, 2.75) is 33.1 Å². The van der Waals surface area contributed by atoms with E-state index in [-0.39, 0.29) is 0 Å². The molecule has 0 aliphatic heterocycles. The van der Waals surface area contributed by atoms with Gasteiger partial charge in [-0.2, -0.15) is 0 Å². The third kappa shape index (κ3) is 2.80. The fourth-order valence-corrected chi connectivity index (χ4v) is 2.16. The minimum Gasteiger partial charge on any atom is -0.491 e. The van der Waals surface area contributed by atoms with Crippen molar-refractivity contribution in [3.8, 4) is 5.75 Å². The van der Waals surface area contributed by atoms with E-state index in [1.807, 2.05) is 19.2 Å². The van der Waals surface area contributed by atoms with Crippen molar-refractivity contribution >= 4 is 16.7 Å². The molecule has 1 aromatic heterocycles. The summed E-state index contributed by atoms with van der Waals surface area (Å²) in [5.74, 6) is 2.25. The van der Waals surface area contributed by atoms with Gasteiger partial charge in [-0.05, 0) is 30.0 Å². The van der Waals surface area contributed by atoms with Gasteiger partial charge in [0.25, 0.3) is 0 Å². The molecule has 0 unspecified atom stereocenters. The Labute approximate surface area is 115 Å². The average Bonchev–Trinajstić information content (AvgIpc) is 2.43. The summed E-state index contributed by atoms with van der Waals surface area (Å²) >= 11 is 0. The Morgan fingerprint density at radius 1 is 1.32 bits per heavy atom. The number of ether oxygens (including phenoxy) is 1. The molecular formula is C16H22N2O. The van der Waals surface area contributed by atoms with E-state index in [9.17, 15) is 0 Å². The van der Waals surface area contributed by atoms with Gasteiger partial charge in [-0.3, -0.25) is 0 Å². The molecule has 0 fully saturated rings. The lowest BCUT2D eigenvalue weighted by Gasteiger charge is -2.15. The summed E-state index contributed by atoms with van der Waals surface area (Å²) in [5.41, 5.74) is 2.17. The van der Waals surface area contributed by atoms with Crippen molar-refractivity contribution in [2.24, 2.45) is 0 Å². The summed E-state index contributed by atoms with van der Waals surface area (Å²) in [4.78, 5) is 4.73. The molecule has 0 atom stereocenters. The molecule has 102 valence electrons. The Morgan fingerprint density at radius 2 is 2.11 bits per heavy atom. The van der Waals surface area contributed by atoms with Crippen molar-refractivity contribution in [1.82, 2.24) is 4.98 Å². The second-order valence-electron chi connectivity index (χ2n) is 5.01. The molecule has 0 amide bonds. The fourth-order valence-electron chi connectivity index (χ4n) is 2.16. The number of fused-ring (bicyclic) bond motifs is 1. The predicted octanol–water partition coefficient (Wildman–Crippen LogP) is 4.19. The number of nitrogens with zero attached hydrogens (tertiary/aromatic N) is 1. The van der Waals surface area contributed by atoms with Crippen molar-refractivity contribution in [1.29, 1.82) is 0 Å². The molecule has 3 heteroatoms. The first-order chi connectivity index (χ1) is 9.17. The van der Waals surface area contributed by atoms with Gasteiger partial charge in [-0.1, -0.05) is 32.9 Å². The lowest BCUT2D eigenvalue weighted by molar-refractivity contribution is 0.320. The zero-order valence-electron chi connectivity index (χ0n) is 12.2. The number of aromatic nitrogens is 1. The van der Waals surface area contributed by atoms with Crippen LogP contribution in [-0.2, 0) is 0 Å². The Morgan fingerprint density at radius 3 is 2.74 bits per heavy atom. The molecule has 2 rings (SSSR count). The van der Waals surface area contributed by atoms with Crippen LogP contribution in [0.15, 0.2) is 24.3 Å². The first-order valence-corrected chi connectivity index (χ1v) is 6.91. The maximum absolute atomic E-state index is 5.78. The van der Waals surface area contributed by atoms with Gasteiger partial charge in [0, 0.05) is 12.4 Å². The lowest BCUT2D eigenvalue weighted by atomic mass is 10.0. The molecule has 0 aliphatic rings. The van der Waals surface area contributed by atoms with Gasteiger partial charge in [0.05, 0.1) is 6.61 Å². The molecule has 1 N–H and O–H groups in total. The van der Waals surface area contributed by atoms with Gasteiger partial charge in [0.2, 0.25) is 0 Å². The van der Waals surface area contributed by atoms with E-state index in [0.717, 1.165) is 35.5 Å². The Bertz CT molecular complexity index is 564. The molecule has 19 heavy (non-hydrogen) atoms. The molecule has 1 heterocycles. The molecule has 3 nitrogen and oxygen atoms in total. The second-order valence-corrected chi connectivity index (χ2v) is 5.01. The average molecular weight is 258 g/mol. The highest BCUT2D eigenvalue weighted by Gasteiger charge is 2.11. The largest absolute Gasteiger partial charge is 0.491 e. The van der Waals surface area contributed by atoms with Gasteiger partial charge in [0.15, 0.2) is 0 Å². The maximum Gasteiger partial charge on any atom is 0.145 e. The maximum atomic E-state index is 5.78. The van der Waals surface area contributed by atoms with Crippen LogP contribution in [0.5, 0.6) is 5.75 Å². The van der Waals surface area contributed by atoms with E-state index in [1.165, 1.54) is 5.56 Å². The van der Waals surface area contributed by atoms with Crippen LogP contribution in [0.25, 0.3) is 10.9 Å². The molecule has 0 aliphatic carbocycles. The van der Waals surface area contributed by atoms with Crippen LogP contribution in [0.4, 0.5) is 5.82 Å². The van der Waals surface area contributed by atoms with E-state index >= 15 is 0 Å². The number of nitrogens with one attached hydrogen (secondary N) is 1. The van der Waals surface area contributed by atoms with Crippen LogP contribution in [0.2, 0.25) is 0 Å². The summed E-state index contributed by atoms with van der Waals surface area (Å²) in [7, 11) is 1.91. The normalized spacial score (nSPS) is 11.0. The first kappa shape index (κ1) is 13.7. The number of hydrogen-bond donors (Lipinski definition) is 1. The molecule has 0 radical (unpaired) electrons. The highest BCUT2D eigenvalue weighted by atomic mass is 16.5. The van der Waals surface area contributed by atoms with Gasteiger partial charge in [-0.25, -0.2) is 4.98 Å². The number of anilines is 1. The Hall–Kier alpha value is -1.77. The van der Waals surface area contributed by atoms with Crippen LogP contribution < -0.4 is 10.1 Å². The number of pyridine rings is 1. The summed E-state index contributed by atoms with van der Waals surface area (Å²) in [5, 5.41) is 4.32. The third-order valence-corrected chi connectivity index (χ3v) is 3.16. The molecule has 2 aromatic rings. The number of rotatable bonds is 5. The lowest BCUT2D eigenvalue weighted by Crippen LogP contribution is -2.02. The molecular weight excluding hydrogens is 236 g/mol. The SMILES string of the molecule is CCCOc1cccc2cc(C(C)C)c(NC)nc12. The second kappa shape index (κ2) is 5.91. The monoisotopic (exact) mass is 258 g/mol. The zero-order valence-corrected chi connectivity index (χ0v) is 12.2. The smallest absolute Gasteiger partial charge is 0.145 e. The third-order valence-electron chi connectivity index (χ3n) is 3.16. The highest BCUT2D eigenvalue weighted by Crippen LogP contribution is 2.31. The van der Waals surface area contributed by atoms with Crippen molar-refractivity contribution in [3.05, 3.63) is 29.8 Å². The molecule has 0 spiro atoms. The standard InChI is InChI=1S/C16H22N2O/c1-5-9-19-14-8-6-7-12-10-13(11(2)3)16(17-4)18-15(12)14/h6-8,10-11H,5,9H2,1-4H3,(H,17,18). The van der Waals surface area contributed by atoms with E-state index < -0.39 is 0 Å². The van der Waals surface area contributed by atoms with Crippen LogP contribution in [0.3, 0.4) is 0 Å². The van der Waals surface area contributed by atoms with Crippen molar-refractivity contribution < 1.29 is 4.74 Å². The number of hydrogen-bond acceptors (Lipinski definition) is 3. The van der Waals surface area contributed by atoms with Crippen LogP contribution in [-0.4, -0.2) is 18.6 Å². The summed E-state index contributed by atoms with van der Waals surface area (Å²) in [6, 6.07) is 8.31. The molecule has 0 saturated carbocycles. The Kier molecular flexibility index (Phi) is 4.25. The molecule has 1 aromatic carbocycles. The minimum atomic E-state index is 0.444. The summed E-state index contributed by atoms with van der Waals surface area (Å²) < 4.78 is 5.78. The van der Waals surface area contributed by atoms with E-state index in [2.05, 4.69) is 38.2 Å². The molecule has 0 bridgehead atoms. The van der Waals surface area contributed by atoms with Crippen molar-refractivity contribution in [2.75, 3.05) is 19.0 Å². The van der Waals surface area contributed by atoms with Crippen LogP contribution in [0.1, 0.15) is 38.7 Å². The fraction of sp³-hybridized carbons (Fsp3) is 0.438. The van der Waals surface area contributed by atoms with Crippen molar-refractivity contribution in [3.63, 3.8) is 0 Å². The Balaban J connectivity index is 2.56. The van der Waals surface area contributed by atoms with E-state index in [1.54, 1.807) is 0 Å². The quantitative estimate of drug-likeness (QED) is 0.873. The topological polar surface area (TPSA) is 34.1 Å². The summed E-state index contributed by atoms with van der Waals surface area (Å²) in [6.45, 7) is 7.19. The predicted molar refractivity (Wildman–Crippen MR) is 81.2 cm³/mol. The van der Waals surface area contributed by atoms with Gasteiger partial charge >= 0.3 is 0 Å². The van der Waals surface area contributed by atoms with Gasteiger partial charge < -0.3 is 10.1 Å². The van der Waals surface area contributed by atoms with E-state index in [0.29, 0.717) is 5.92 Å². The highest BCUT2D eigenvalue weighted by molar-refractivity contribution is 5.87. The first-order valence-electron chi connectivity index (χ1n) is 6.91. The van der Waals surface area contributed by atoms with Crippen LogP contribution >= 0.6 is 0 Å².